The molecule has 1 heterocycles. The van der Waals surface area contributed by atoms with Gasteiger partial charge in [-0.05, 0) is 36.9 Å². The van der Waals surface area contributed by atoms with Crippen LogP contribution in [0.1, 0.15) is 4.88 Å². The van der Waals surface area contributed by atoms with Crippen LogP contribution < -0.4 is 10.1 Å². The van der Waals surface area contributed by atoms with Crippen LogP contribution in [0.5, 0.6) is 5.75 Å². The number of ether oxygens (including phenoxy) is 1. The molecule has 2 nitrogen and oxygen atoms in total. The molecule has 0 fully saturated rings. The molecule has 0 aliphatic carbocycles. The second-order valence-corrected chi connectivity index (χ2v) is 5.22. The lowest BCUT2D eigenvalue weighted by Gasteiger charge is -2.04. The van der Waals surface area contributed by atoms with Gasteiger partial charge in [-0.1, -0.05) is 17.7 Å². The normalized spacial score (nSPS) is 10.5. The van der Waals surface area contributed by atoms with Crippen molar-refractivity contribution in [2.75, 3.05) is 14.2 Å². The largest absolute Gasteiger partial charge is 0.495 e. The zero-order chi connectivity index (χ0) is 12.3. The third-order valence-corrected chi connectivity index (χ3v) is 3.89. The topological polar surface area (TPSA) is 21.3 Å². The summed E-state index contributed by atoms with van der Waals surface area (Å²) >= 11 is 7.78. The predicted octanol–water partition coefficient (Wildman–Crippen LogP) is 3.80. The molecule has 0 aliphatic heterocycles. The molecular weight excluding hydrogens is 254 g/mol. The average molecular weight is 268 g/mol. The summed E-state index contributed by atoms with van der Waals surface area (Å²) in [5.74, 6) is 0.715. The van der Waals surface area contributed by atoms with Gasteiger partial charge in [0.2, 0.25) is 0 Å². The minimum Gasteiger partial charge on any atom is -0.495 e. The maximum absolute atomic E-state index is 6.01. The maximum atomic E-state index is 6.01. The van der Waals surface area contributed by atoms with E-state index in [0.717, 1.165) is 12.1 Å². The van der Waals surface area contributed by atoms with Gasteiger partial charge in [0.15, 0.2) is 0 Å². The Morgan fingerprint density at radius 2 is 2.12 bits per heavy atom. The van der Waals surface area contributed by atoms with Crippen LogP contribution in [0, 0.1) is 0 Å². The summed E-state index contributed by atoms with van der Waals surface area (Å²) < 4.78 is 5.22. The van der Waals surface area contributed by atoms with Gasteiger partial charge in [-0.3, -0.25) is 0 Å². The highest BCUT2D eigenvalue weighted by Gasteiger charge is 2.06. The highest BCUT2D eigenvalue weighted by molar-refractivity contribution is 7.15. The van der Waals surface area contributed by atoms with Crippen LogP contribution >= 0.6 is 22.9 Å². The molecule has 1 aromatic carbocycles. The maximum Gasteiger partial charge on any atom is 0.138 e. The lowest BCUT2D eigenvalue weighted by Crippen LogP contribution is -2.02. The summed E-state index contributed by atoms with van der Waals surface area (Å²) in [6, 6.07) is 10.1. The molecule has 0 unspecified atom stereocenters. The average Bonchev–Trinajstić information content (AvgIpc) is 2.79. The Morgan fingerprint density at radius 1 is 1.29 bits per heavy atom. The minimum atomic E-state index is 0.642. The smallest absolute Gasteiger partial charge is 0.138 e. The van der Waals surface area contributed by atoms with Crippen molar-refractivity contribution in [1.82, 2.24) is 5.32 Å². The summed E-state index contributed by atoms with van der Waals surface area (Å²) in [7, 11) is 3.58. The fourth-order valence-corrected chi connectivity index (χ4v) is 2.83. The van der Waals surface area contributed by atoms with E-state index in [1.165, 1.54) is 9.75 Å². The number of halogens is 1. The molecule has 0 spiro atoms. The first-order valence-electron chi connectivity index (χ1n) is 5.32. The highest BCUT2D eigenvalue weighted by Crippen LogP contribution is 2.33. The Morgan fingerprint density at radius 3 is 2.82 bits per heavy atom. The number of hydrogen-bond acceptors (Lipinski definition) is 3. The molecule has 1 N–H and O–H groups in total. The van der Waals surface area contributed by atoms with E-state index in [1.54, 1.807) is 18.4 Å². The molecule has 0 atom stereocenters. The number of benzene rings is 1. The van der Waals surface area contributed by atoms with Crippen LogP contribution in [0.15, 0.2) is 30.3 Å². The molecule has 0 amide bonds. The highest BCUT2D eigenvalue weighted by atomic mass is 35.5. The number of methoxy groups -OCH3 is 1. The van der Waals surface area contributed by atoms with E-state index < -0.39 is 0 Å². The molecule has 0 saturated carbocycles. The van der Waals surface area contributed by atoms with Crippen LogP contribution in [0.2, 0.25) is 5.02 Å². The monoisotopic (exact) mass is 267 g/mol. The third-order valence-electron chi connectivity index (χ3n) is 2.45. The fraction of sp³-hybridized carbons (Fsp3) is 0.231. The van der Waals surface area contributed by atoms with Crippen molar-refractivity contribution in [3.8, 4) is 16.2 Å². The summed E-state index contributed by atoms with van der Waals surface area (Å²) in [6.07, 6.45) is 0. The molecule has 0 bridgehead atoms. The molecular formula is C13H14ClNOS. The Labute approximate surface area is 110 Å². The predicted molar refractivity (Wildman–Crippen MR) is 74.1 cm³/mol. The van der Waals surface area contributed by atoms with Crippen molar-refractivity contribution in [3.05, 3.63) is 40.2 Å². The quantitative estimate of drug-likeness (QED) is 0.910. The van der Waals surface area contributed by atoms with E-state index in [9.17, 15) is 0 Å². The second-order valence-electron chi connectivity index (χ2n) is 3.65. The van der Waals surface area contributed by atoms with Gasteiger partial charge in [-0.2, -0.15) is 0 Å². The lowest BCUT2D eigenvalue weighted by atomic mass is 10.2. The van der Waals surface area contributed by atoms with Crippen LogP contribution in [0.3, 0.4) is 0 Å². The Hall–Kier alpha value is -1.03. The van der Waals surface area contributed by atoms with Gasteiger partial charge in [-0.25, -0.2) is 0 Å². The minimum absolute atomic E-state index is 0.642. The summed E-state index contributed by atoms with van der Waals surface area (Å²) in [5, 5.41) is 3.79. The van der Waals surface area contributed by atoms with Gasteiger partial charge in [-0.15, -0.1) is 11.3 Å². The summed E-state index contributed by atoms with van der Waals surface area (Å²) in [5.41, 5.74) is 1.14. The van der Waals surface area contributed by atoms with Crippen molar-refractivity contribution in [2.45, 2.75) is 6.54 Å². The molecule has 17 heavy (non-hydrogen) atoms. The number of rotatable bonds is 4. The first kappa shape index (κ1) is 12.4. The summed E-state index contributed by atoms with van der Waals surface area (Å²) in [4.78, 5) is 2.54. The number of hydrogen-bond donors (Lipinski definition) is 1. The molecule has 1 aromatic heterocycles. The van der Waals surface area contributed by atoms with E-state index in [-0.39, 0.29) is 0 Å². The van der Waals surface area contributed by atoms with Crippen molar-refractivity contribution < 1.29 is 4.74 Å². The fourth-order valence-electron chi connectivity index (χ4n) is 1.62. The first-order valence-corrected chi connectivity index (χ1v) is 6.51. The zero-order valence-corrected chi connectivity index (χ0v) is 11.4. The van der Waals surface area contributed by atoms with Gasteiger partial charge in [0.05, 0.1) is 12.1 Å². The summed E-state index contributed by atoms with van der Waals surface area (Å²) in [6.45, 7) is 0.898. The number of thiophene rings is 1. The van der Waals surface area contributed by atoms with E-state index in [1.807, 2.05) is 25.2 Å². The van der Waals surface area contributed by atoms with Crippen LogP contribution in [-0.2, 0) is 6.54 Å². The molecule has 2 aromatic rings. The van der Waals surface area contributed by atoms with Gasteiger partial charge >= 0.3 is 0 Å². The van der Waals surface area contributed by atoms with E-state index in [4.69, 9.17) is 16.3 Å². The van der Waals surface area contributed by atoms with Crippen LogP contribution in [-0.4, -0.2) is 14.2 Å². The Balaban J connectivity index is 2.32. The van der Waals surface area contributed by atoms with Crippen molar-refractivity contribution in [1.29, 1.82) is 0 Å². The number of nitrogens with one attached hydrogen (secondary N) is 1. The zero-order valence-electron chi connectivity index (χ0n) is 9.79. The Bertz CT molecular complexity index is 510. The van der Waals surface area contributed by atoms with E-state index in [0.29, 0.717) is 10.8 Å². The molecule has 0 aliphatic rings. The lowest BCUT2D eigenvalue weighted by molar-refractivity contribution is 0.415. The molecule has 4 heteroatoms. The first-order chi connectivity index (χ1) is 8.24. The second kappa shape index (κ2) is 5.54. The van der Waals surface area contributed by atoms with Crippen molar-refractivity contribution in [3.63, 3.8) is 0 Å². The molecule has 0 saturated heterocycles. The Kier molecular flexibility index (Phi) is 4.05. The van der Waals surface area contributed by atoms with Gasteiger partial charge < -0.3 is 10.1 Å². The standard InChI is InChI=1S/C13H14ClNOS/c1-15-8-10-4-6-13(17-10)9-3-5-11(14)12(7-9)16-2/h3-7,15H,8H2,1-2H3. The van der Waals surface area contributed by atoms with E-state index in [2.05, 4.69) is 17.4 Å². The van der Waals surface area contributed by atoms with Crippen LogP contribution in [0.4, 0.5) is 0 Å². The molecule has 0 radical (unpaired) electrons. The van der Waals surface area contributed by atoms with Crippen LogP contribution in [0.25, 0.3) is 10.4 Å². The third kappa shape index (κ3) is 2.80. The van der Waals surface area contributed by atoms with Gasteiger partial charge in [0, 0.05) is 16.3 Å². The van der Waals surface area contributed by atoms with E-state index >= 15 is 0 Å². The van der Waals surface area contributed by atoms with Gasteiger partial charge in [0.25, 0.3) is 0 Å². The SMILES string of the molecule is CNCc1ccc(-c2ccc(Cl)c(OC)c2)s1. The van der Waals surface area contributed by atoms with Crippen molar-refractivity contribution in [2.24, 2.45) is 0 Å². The molecule has 90 valence electrons. The van der Waals surface area contributed by atoms with Gasteiger partial charge in [0.1, 0.15) is 5.75 Å². The molecule has 2 rings (SSSR count). The van der Waals surface area contributed by atoms with Crippen molar-refractivity contribution >= 4 is 22.9 Å².